The fourth-order valence-electron chi connectivity index (χ4n) is 2.23. The summed E-state index contributed by atoms with van der Waals surface area (Å²) < 4.78 is 0. The number of hydrogen-bond donors (Lipinski definition) is 2. The van der Waals surface area contributed by atoms with E-state index in [2.05, 4.69) is 35.6 Å². The van der Waals surface area contributed by atoms with Crippen molar-refractivity contribution in [3.63, 3.8) is 0 Å². The largest absolute Gasteiger partial charge is 0.391 e. The van der Waals surface area contributed by atoms with Crippen molar-refractivity contribution in [2.45, 2.75) is 24.7 Å². The van der Waals surface area contributed by atoms with E-state index in [9.17, 15) is 5.11 Å². The van der Waals surface area contributed by atoms with Crippen molar-refractivity contribution in [2.24, 2.45) is 5.92 Å². The zero-order chi connectivity index (χ0) is 11.9. The van der Waals surface area contributed by atoms with Crippen LogP contribution in [0.3, 0.4) is 0 Å². The molecular formula is C14H21NOS. The molecule has 1 fully saturated rings. The summed E-state index contributed by atoms with van der Waals surface area (Å²) in [7, 11) is 0. The van der Waals surface area contributed by atoms with E-state index >= 15 is 0 Å². The topological polar surface area (TPSA) is 32.3 Å². The molecule has 1 saturated heterocycles. The lowest BCUT2D eigenvalue weighted by Gasteiger charge is -2.12. The summed E-state index contributed by atoms with van der Waals surface area (Å²) in [6.07, 6.45) is 2.24. The van der Waals surface area contributed by atoms with Crippen molar-refractivity contribution >= 4 is 11.8 Å². The predicted octanol–water partition coefficient (Wildman–Crippen LogP) is 2.28. The molecule has 94 valence electrons. The van der Waals surface area contributed by atoms with Crippen LogP contribution in [0.2, 0.25) is 0 Å². The zero-order valence-corrected chi connectivity index (χ0v) is 11.0. The van der Waals surface area contributed by atoms with Gasteiger partial charge < -0.3 is 10.4 Å². The summed E-state index contributed by atoms with van der Waals surface area (Å²) in [5.74, 6) is 2.78. The molecule has 3 heteroatoms. The molecule has 2 atom stereocenters. The molecule has 17 heavy (non-hydrogen) atoms. The molecule has 0 aromatic heterocycles. The lowest BCUT2D eigenvalue weighted by Crippen LogP contribution is -2.17. The maximum absolute atomic E-state index is 9.65. The average molecular weight is 251 g/mol. The Hall–Kier alpha value is -0.510. The van der Waals surface area contributed by atoms with Crippen molar-refractivity contribution in [2.75, 3.05) is 18.8 Å². The molecule has 1 aliphatic rings. The SMILES string of the molecule is O[C@@H]1CNC[C@H]1CCCSCc1ccccc1. The fourth-order valence-corrected chi connectivity index (χ4v) is 3.17. The Morgan fingerprint density at radius 3 is 2.76 bits per heavy atom. The number of rotatable bonds is 6. The van der Waals surface area contributed by atoms with Gasteiger partial charge in [-0.05, 0) is 30.1 Å². The van der Waals surface area contributed by atoms with E-state index in [-0.39, 0.29) is 6.10 Å². The van der Waals surface area contributed by atoms with Gasteiger partial charge in [-0.1, -0.05) is 30.3 Å². The molecule has 0 radical (unpaired) electrons. The molecule has 0 unspecified atom stereocenters. The summed E-state index contributed by atoms with van der Waals surface area (Å²) in [5.41, 5.74) is 1.40. The minimum atomic E-state index is -0.117. The van der Waals surface area contributed by atoms with Crippen LogP contribution < -0.4 is 5.32 Å². The predicted molar refractivity (Wildman–Crippen MR) is 74.2 cm³/mol. The van der Waals surface area contributed by atoms with Gasteiger partial charge >= 0.3 is 0 Å². The quantitative estimate of drug-likeness (QED) is 0.761. The fraction of sp³-hybridized carbons (Fsp3) is 0.571. The molecular weight excluding hydrogens is 230 g/mol. The van der Waals surface area contributed by atoms with Gasteiger partial charge in [0, 0.05) is 18.8 Å². The lowest BCUT2D eigenvalue weighted by atomic mass is 10.0. The van der Waals surface area contributed by atoms with Gasteiger partial charge in [0.15, 0.2) is 0 Å². The number of aliphatic hydroxyl groups is 1. The van der Waals surface area contributed by atoms with Crippen molar-refractivity contribution < 1.29 is 5.11 Å². The molecule has 2 N–H and O–H groups in total. The molecule has 1 aromatic rings. The first-order chi connectivity index (χ1) is 8.36. The van der Waals surface area contributed by atoms with Gasteiger partial charge in [-0.15, -0.1) is 0 Å². The Morgan fingerprint density at radius 1 is 1.24 bits per heavy atom. The molecule has 1 aliphatic heterocycles. The highest BCUT2D eigenvalue weighted by Crippen LogP contribution is 2.19. The second-order valence-corrected chi connectivity index (χ2v) is 5.77. The number of nitrogens with one attached hydrogen (secondary N) is 1. The van der Waals surface area contributed by atoms with Gasteiger partial charge in [0.25, 0.3) is 0 Å². The molecule has 1 heterocycles. The first-order valence-corrected chi connectivity index (χ1v) is 7.52. The number of aliphatic hydroxyl groups excluding tert-OH is 1. The first-order valence-electron chi connectivity index (χ1n) is 6.36. The third kappa shape index (κ3) is 4.34. The number of β-amino-alcohol motifs (C(OH)–C–C–N with tert-alkyl or cyclic N) is 1. The van der Waals surface area contributed by atoms with E-state index in [4.69, 9.17) is 0 Å². The molecule has 2 rings (SSSR count). The smallest absolute Gasteiger partial charge is 0.0704 e. The number of benzene rings is 1. The highest BCUT2D eigenvalue weighted by Gasteiger charge is 2.23. The van der Waals surface area contributed by atoms with E-state index in [1.165, 1.54) is 17.7 Å². The van der Waals surface area contributed by atoms with Crippen LogP contribution in [0, 0.1) is 5.92 Å². The minimum Gasteiger partial charge on any atom is -0.391 e. The first kappa shape index (κ1) is 12.9. The molecule has 1 aromatic carbocycles. The van der Waals surface area contributed by atoms with Crippen LogP contribution in [0.4, 0.5) is 0 Å². The monoisotopic (exact) mass is 251 g/mol. The van der Waals surface area contributed by atoms with Gasteiger partial charge in [-0.2, -0.15) is 11.8 Å². The highest BCUT2D eigenvalue weighted by molar-refractivity contribution is 7.98. The minimum absolute atomic E-state index is 0.117. The van der Waals surface area contributed by atoms with E-state index < -0.39 is 0 Å². The Bertz CT molecular complexity index is 317. The lowest BCUT2D eigenvalue weighted by molar-refractivity contribution is 0.142. The second-order valence-electron chi connectivity index (χ2n) is 4.67. The van der Waals surface area contributed by atoms with E-state index in [1.807, 2.05) is 11.8 Å². The van der Waals surface area contributed by atoms with Crippen LogP contribution >= 0.6 is 11.8 Å². The molecule has 0 saturated carbocycles. The van der Waals surface area contributed by atoms with E-state index in [0.717, 1.165) is 25.3 Å². The zero-order valence-electron chi connectivity index (χ0n) is 10.1. The third-order valence-electron chi connectivity index (χ3n) is 3.28. The highest BCUT2D eigenvalue weighted by atomic mass is 32.2. The standard InChI is InChI=1S/C14H21NOS/c16-14-10-15-9-13(14)7-4-8-17-11-12-5-2-1-3-6-12/h1-3,5-6,13-16H,4,7-11H2/t13-,14-/m1/s1. The van der Waals surface area contributed by atoms with Gasteiger partial charge in [0.05, 0.1) is 6.10 Å². The Kier molecular flexibility index (Phi) is 5.36. The summed E-state index contributed by atoms with van der Waals surface area (Å²) in [5, 5.41) is 12.9. The molecule has 2 nitrogen and oxygen atoms in total. The van der Waals surface area contributed by atoms with E-state index in [1.54, 1.807) is 0 Å². The van der Waals surface area contributed by atoms with Crippen LogP contribution in [-0.4, -0.2) is 30.1 Å². The maximum Gasteiger partial charge on any atom is 0.0704 e. The van der Waals surface area contributed by atoms with Crippen molar-refractivity contribution in [3.05, 3.63) is 35.9 Å². The molecule has 0 spiro atoms. The normalized spacial score (nSPS) is 24.1. The van der Waals surface area contributed by atoms with Crippen LogP contribution in [-0.2, 0) is 5.75 Å². The van der Waals surface area contributed by atoms with Gasteiger partial charge in [-0.3, -0.25) is 0 Å². The Balaban J connectivity index is 1.55. The van der Waals surface area contributed by atoms with Crippen molar-refractivity contribution in [1.82, 2.24) is 5.32 Å². The maximum atomic E-state index is 9.65. The Labute approximate surface area is 108 Å². The van der Waals surface area contributed by atoms with Crippen LogP contribution in [0.1, 0.15) is 18.4 Å². The second kappa shape index (κ2) is 7.04. The van der Waals surface area contributed by atoms with Gasteiger partial charge in [0.2, 0.25) is 0 Å². The average Bonchev–Trinajstić information content (AvgIpc) is 2.76. The van der Waals surface area contributed by atoms with Gasteiger partial charge in [0.1, 0.15) is 0 Å². The summed E-state index contributed by atoms with van der Waals surface area (Å²) in [6, 6.07) is 10.6. The molecule has 0 bridgehead atoms. The van der Waals surface area contributed by atoms with Crippen molar-refractivity contribution in [1.29, 1.82) is 0 Å². The number of thioether (sulfide) groups is 1. The van der Waals surface area contributed by atoms with Crippen LogP contribution in [0.25, 0.3) is 0 Å². The third-order valence-corrected chi connectivity index (χ3v) is 4.39. The van der Waals surface area contributed by atoms with Gasteiger partial charge in [-0.25, -0.2) is 0 Å². The molecule has 0 aliphatic carbocycles. The summed E-state index contributed by atoms with van der Waals surface area (Å²) in [6.45, 7) is 1.77. The summed E-state index contributed by atoms with van der Waals surface area (Å²) >= 11 is 1.99. The van der Waals surface area contributed by atoms with Crippen LogP contribution in [0.15, 0.2) is 30.3 Å². The summed E-state index contributed by atoms with van der Waals surface area (Å²) in [4.78, 5) is 0. The van der Waals surface area contributed by atoms with Crippen molar-refractivity contribution in [3.8, 4) is 0 Å². The number of hydrogen-bond acceptors (Lipinski definition) is 3. The molecule has 0 amide bonds. The Morgan fingerprint density at radius 2 is 2.06 bits per heavy atom. The van der Waals surface area contributed by atoms with Crippen LogP contribution in [0.5, 0.6) is 0 Å². The van der Waals surface area contributed by atoms with E-state index in [0.29, 0.717) is 5.92 Å².